The Morgan fingerprint density at radius 1 is 0.938 bits per heavy atom. The molecule has 32 heavy (non-hydrogen) atoms. The number of piperidine rings is 1. The van der Waals surface area contributed by atoms with E-state index in [2.05, 4.69) is 17.6 Å². The minimum Gasteiger partial charge on any atom is -0.494 e. The number of carbonyl (C=O) groups excluding carboxylic acids is 2. The number of hydrogen-bond acceptors (Lipinski definition) is 4. The van der Waals surface area contributed by atoms with Crippen LogP contribution in [0.3, 0.4) is 0 Å². The minimum absolute atomic E-state index is 0.0664. The van der Waals surface area contributed by atoms with Gasteiger partial charge in [-0.3, -0.25) is 9.59 Å². The van der Waals surface area contributed by atoms with Gasteiger partial charge in [0.1, 0.15) is 5.75 Å². The van der Waals surface area contributed by atoms with Gasteiger partial charge < -0.3 is 20.3 Å². The normalized spacial score (nSPS) is 13.5. The van der Waals surface area contributed by atoms with Crippen molar-refractivity contribution in [2.45, 2.75) is 51.9 Å². The molecule has 1 saturated heterocycles. The summed E-state index contributed by atoms with van der Waals surface area (Å²) in [5, 5.41) is 6.00. The van der Waals surface area contributed by atoms with Crippen molar-refractivity contribution in [1.29, 1.82) is 0 Å². The average molecular weight is 438 g/mol. The lowest BCUT2D eigenvalue weighted by atomic mass is 10.1. The lowest BCUT2D eigenvalue weighted by Gasteiger charge is -2.26. The van der Waals surface area contributed by atoms with Gasteiger partial charge in [-0.15, -0.1) is 0 Å². The van der Waals surface area contributed by atoms with E-state index in [1.165, 1.54) is 25.7 Å². The number of likely N-dealkylation sites (tertiary alicyclic amines) is 1. The van der Waals surface area contributed by atoms with Crippen LogP contribution in [-0.4, -0.2) is 43.0 Å². The lowest BCUT2D eigenvalue weighted by Crippen LogP contribution is -2.35. The fourth-order valence-electron chi connectivity index (χ4n) is 3.78. The molecule has 1 heterocycles. The number of nitrogens with one attached hydrogen (secondary N) is 2. The van der Waals surface area contributed by atoms with Gasteiger partial charge in [-0.05, 0) is 62.1 Å². The Morgan fingerprint density at radius 3 is 2.47 bits per heavy atom. The summed E-state index contributed by atoms with van der Waals surface area (Å²) in [6.45, 7) is 4.70. The molecule has 1 aliphatic heterocycles. The molecule has 2 aromatic carbocycles. The van der Waals surface area contributed by atoms with Crippen molar-refractivity contribution in [1.82, 2.24) is 4.90 Å². The first kappa shape index (κ1) is 23.6. The summed E-state index contributed by atoms with van der Waals surface area (Å²) in [5.74, 6) is 0.726. The number of benzene rings is 2. The Balaban J connectivity index is 1.42. The van der Waals surface area contributed by atoms with Gasteiger partial charge in [-0.1, -0.05) is 32.3 Å². The molecule has 1 aliphatic rings. The second-order valence-corrected chi connectivity index (χ2v) is 8.27. The van der Waals surface area contributed by atoms with E-state index in [0.29, 0.717) is 17.9 Å². The average Bonchev–Trinajstić information content (AvgIpc) is 2.83. The lowest BCUT2D eigenvalue weighted by molar-refractivity contribution is -0.114. The molecule has 0 atom stereocenters. The molecule has 0 radical (unpaired) electrons. The Hall–Kier alpha value is -3.02. The maximum absolute atomic E-state index is 12.6. The first-order valence-corrected chi connectivity index (χ1v) is 11.8. The number of carbonyl (C=O) groups is 2. The third-order valence-corrected chi connectivity index (χ3v) is 5.61. The van der Waals surface area contributed by atoms with Crippen LogP contribution in [0, 0.1) is 0 Å². The van der Waals surface area contributed by atoms with Crippen LogP contribution in [0.1, 0.15) is 62.2 Å². The van der Waals surface area contributed by atoms with Gasteiger partial charge in [-0.2, -0.15) is 0 Å². The molecule has 172 valence electrons. The van der Waals surface area contributed by atoms with E-state index in [0.717, 1.165) is 43.8 Å². The third kappa shape index (κ3) is 7.59. The number of amides is 2. The van der Waals surface area contributed by atoms with Gasteiger partial charge in [0.05, 0.1) is 13.2 Å². The number of ether oxygens (including phenoxy) is 1. The van der Waals surface area contributed by atoms with Crippen LogP contribution >= 0.6 is 0 Å². The quantitative estimate of drug-likeness (QED) is 0.467. The maximum Gasteiger partial charge on any atom is 0.253 e. The van der Waals surface area contributed by atoms with Crippen LogP contribution in [0.15, 0.2) is 48.5 Å². The molecule has 1 fully saturated rings. The Morgan fingerprint density at radius 2 is 1.72 bits per heavy atom. The first-order valence-electron chi connectivity index (χ1n) is 11.8. The van der Waals surface area contributed by atoms with Crippen LogP contribution < -0.4 is 15.4 Å². The van der Waals surface area contributed by atoms with E-state index in [4.69, 9.17) is 4.74 Å². The molecule has 6 heteroatoms. The van der Waals surface area contributed by atoms with Crippen LogP contribution in [0.5, 0.6) is 5.75 Å². The highest BCUT2D eigenvalue weighted by Crippen LogP contribution is 2.18. The minimum atomic E-state index is -0.147. The SMILES string of the molecule is CCCCCCOc1cccc(NCC(=O)Nc2ccc(C(=O)N3CCCCC3)cc2)c1. The van der Waals surface area contributed by atoms with Crippen molar-refractivity contribution in [2.75, 3.05) is 36.9 Å². The fraction of sp³-hybridized carbons (Fsp3) is 0.462. The first-order chi connectivity index (χ1) is 15.7. The molecule has 0 spiro atoms. The molecule has 2 N–H and O–H groups in total. The monoisotopic (exact) mass is 437 g/mol. The second kappa shape index (κ2) is 12.7. The van der Waals surface area contributed by atoms with Crippen LogP contribution in [0.25, 0.3) is 0 Å². The van der Waals surface area contributed by atoms with Gasteiger partial charge in [0.15, 0.2) is 0 Å². The summed E-state index contributed by atoms with van der Waals surface area (Å²) in [6, 6.07) is 14.8. The smallest absolute Gasteiger partial charge is 0.253 e. The number of unbranched alkanes of at least 4 members (excludes halogenated alkanes) is 3. The Kier molecular flexibility index (Phi) is 9.41. The molecule has 2 amide bonds. The molecule has 0 unspecified atom stereocenters. The topological polar surface area (TPSA) is 70.7 Å². The summed E-state index contributed by atoms with van der Waals surface area (Å²) in [5.41, 5.74) is 2.18. The third-order valence-electron chi connectivity index (χ3n) is 5.61. The van der Waals surface area contributed by atoms with E-state index >= 15 is 0 Å². The van der Waals surface area contributed by atoms with Crippen molar-refractivity contribution in [3.63, 3.8) is 0 Å². The zero-order valence-corrected chi connectivity index (χ0v) is 19.1. The molecule has 0 saturated carbocycles. The number of anilines is 2. The number of hydrogen-bond donors (Lipinski definition) is 2. The molecule has 3 rings (SSSR count). The second-order valence-electron chi connectivity index (χ2n) is 8.27. The molecule has 0 aliphatic carbocycles. The maximum atomic E-state index is 12.6. The van der Waals surface area contributed by atoms with E-state index < -0.39 is 0 Å². The van der Waals surface area contributed by atoms with Crippen LogP contribution in [0.2, 0.25) is 0 Å². The van der Waals surface area contributed by atoms with Gasteiger partial charge in [0.25, 0.3) is 5.91 Å². The van der Waals surface area contributed by atoms with Crippen molar-refractivity contribution >= 4 is 23.2 Å². The summed E-state index contributed by atoms with van der Waals surface area (Å²) >= 11 is 0. The summed E-state index contributed by atoms with van der Waals surface area (Å²) in [7, 11) is 0. The van der Waals surface area contributed by atoms with E-state index in [1.54, 1.807) is 24.3 Å². The predicted molar refractivity (Wildman–Crippen MR) is 129 cm³/mol. The highest BCUT2D eigenvalue weighted by atomic mass is 16.5. The molecule has 0 aromatic heterocycles. The standard InChI is InChI=1S/C26H35N3O3/c1-2-3-4-8-18-32-24-11-9-10-23(19-24)27-20-25(30)28-22-14-12-21(13-15-22)26(31)29-16-6-5-7-17-29/h9-15,19,27H,2-8,16-18,20H2,1H3,(H,28,30). The zero-order chi connectivity index (χ0) is 22.6. The largest absolute Gasteiger partial charge is 0.494 e. The van der Waals surface area contributed by atoms with Crippen molar-refractivity contribution in [2.24, 2.45) is 0 Å². The summed E-state index contributed by atoms with van der Waals surface area (Å²) < 4.78 is 5.80. The van der Waals surface area contributed by atoms with E-state index in [1.807, 2.05) is 29.2 Å². The van der Waals surface area contributed by atoms with Crippen LogP contribution in [0.4, 0.5) is 11.4 Å². The summed E-state index contributed by atoms with van der Waals surface area (Å²) in [4.78, 5) is 26.8. The summed E-state index contributed by atoms with van der Waals surface area (Å²) in [6.07, 6.45) is 8.01. The van der Waals surface area contributed by atoms with E-state index in [9.17, 15) is 9.59 Å². The van der Waals surface area contributed by atoms with Gasteiger partial charge in [0.2, 0.25) is 5.91 Å². The van der Waals surface area contributed by atoms with Crippen LogP contribution in [-0.2, 0) is 4.79 Å². The van der Waals surface area contributed by atoms with Crippen molar-refractivity contribution in [3.05, 3.63) is 54.1 Å². The fourth-order valence-corrected chi connectivity index (χ4v) is 3.78. The molecule has 2 aromatic rings. The highest BCUT2D eigenvalue weighted by molar-refractivity contribution is 5.96. The van der Waals surface area contributed by atoms with Crippen molar-refractivity contribution < 1.29 is 14.3 Å². The van der Waals surface area contributed by atoms with E-state index in [-0.39, 0.29) is 18.4 Å². The Labute approximate surface area is 191 Å². The molecule has 0 bridgehead atoms. The van der Waals surface area contributed by atoms with Gasteiger partial charge in [0, 0.05) is 36.1 Å². The number of nitrogens with zero attached hydrogens (tertiary/aromatic N) is 1. The predicted octanol–water partition coefficient (Wildman–Crippen LogP) is 5.32. The van der Waals surface area contributed by atoms with Gasteiger partial charge in [-0.25, -0.2) is 0 Å². The van der Waals surface area contributed by atoms with Crippen molar-refractivity contribution in [3.8, 4) is 5.75 Å². The zero-order valence-electron chi connectivity index (χ0n) is 19.1. The Bertz CT molecular complexity index is 861. The molecular weight excluding hydrogens is 402 g/mol. The molecule has 6 nitrogen and oxygen atoms in total. The van der Waals surface area contributed by atoms with Gasteiger partial charge >= 0.3 is 0 Å². The number of rotatable bonds is 11. The highest BCUT2D eigenvalue weighted by Gasteiger charge is 2.18. The molecular formula is C26H35N3O3.